The molecule has 4 rings (SSSR count). The third kappa shape index (κ3) is 4.87. The second-order valence-corrected chi connectivity index (χ2v) is 7.37. The lowest BCUT2D eigenvalue weighted by molar-refractivity contribution is 0.101. The number of nitrogens with zero attached hydrogens (tertiary/aromatic N) is 4. The molecular formula is C23H20ClN5O3. The molecule has 0 aliphatic heterocycles. The van der Waals surface area contributed by atoms with Crippen LogP contribution in [0, 0.1) is 6.92 Å². The van der Waals surface area contributed by atoms with E-state index in [9.17, 15) is 9.59 Å². The predicted octanol–water partition coefficient (Wildman–Crippen LogP) is 3.72. The van der Waals surface area contributed by atoms with Gasteiger partial charge in [-0.2, -0.15) is 10.2 Å². The first-order chi connectivity index (χ1) is 15.5. The molecule has 0 bridgehead atoms. The van der Waals surface area contributed by atoms with Crippen LogP contribution in [0.3, 0.4) is 0 Å². The molecule has 0 saturated heterocycles. The van der Waals surface area contributed by atoms with Crippen molar-refractivity contribution in [1.29, 1.82) is 0 Å². The van der Waals surface area contributed by atoms with Gasteiger partial charge in [0.15, 0.2) is 5.69 Å². The summed E-state index contributed by atoms with van der Waals surface area (Å²) in [5.74, 6) is -0.0372. The molecule has 2 aromatic carbocycles. The van der Waals surface area contributed by atoms with Crippen molar-refractivity contribution in [3.63, 3.8) is 0 Å². The molecule has 8 nitrogen and oxygen atoms in total. The molecule has 0 atom stereocenters. The van der Waals surface area contributed by atoms with Crippen molar-refractivity contribution in [1.82, 2.24) is 19.6 Å². The maximum absolute atomic E-state index is 12.8. The van der Waals surface area contributed by atoms with Crippen LogP contribution in [-0.4, -0.2) is 32.1 Å². The van der Waals surface area contributed by atoms with Crippen LogP contribution < -0.4 is 15.5 Å². The number of aromatic nitrogens is 4. The Morgan fingerprint density at radius 1 is 1.12 bits per heavy atom. The minimum absolute atomic E-state index is 0.236. The summed E-state index contributed by atoms with van der Waals surface area (Å²) in [6, 6.07) is 17.2. The molecule has 0 saturated carbocycles. The van der Waals surface area contributed by atoms with Crippen LogP contribution in [0.4, 0.5) is 5.69 Å². The highest BCUT2D eigenvalue weighted by atomic mass is 35.5. The van der Waals surface area contributed by atoms with Crippen LogP contribution in [-0.2, 0) is 6.54 Å². The fraction of sp³-hybridized carbons (Fsp3) is 0.130. The molecule has 32 heavy (non-hydrogen) atoms. The number of benzene rings is 2. The minimum atomic E-state index is -0.621. The fourth-order valence-electron chi connectivity index (χ4n) is 3.12. The van der Waals surface area contributed by atoms with E-state index >= 15 is 0 Å². The summed E-state index contributed by atoms with van der Waals surface area (Å²) in [5, 5.41) is 11.6. The van der Waals surface area contributed by atoms with Crippen LogP contribution in [0.1, 0.15) is 16.2 Å². The van der Waals surface area contributed by atoms with Crippen molar-refractivity contribution in [2.24, 2.45) is 0 Å². The van der Waals surface area contributed by atoms with Crippen molar-refractivity contribution >= 4 is 23.2 Å². The van der Waals surface area contributed by atoms with Crippen LogP contribution in [0.2, 0.25) is 5.02 Å². The van der Waals surface area contributed by atoms with Crippen LogP contribution in [0.25, 0.3) is 5.69 Å². The largest absolute Gasteiger partial charge is 0.492 e. The average molecular weight is 450 g/mol. The van der Waals surface area contributed by atoms with E-state index < -0.39 is 11.3 Å². The first-order valence-electron chi connectivity index (χ1n) is 9.89. The zero-order valence-electron chi connectivity index (χ0n) is 17.2. The zero-order chi connectivity index (χ0) is 22.5. The normalized spacial score (nSPS) is 10.7. The lowest BCUT2D eigenvalue weighted by Crippen LogP contribution is -2.27. The minimum Gasteiger partial charge on any atom is -0.492 e. The highest BCUT2D eigenvalue weighted by Gasteiger charge is 2.17. The first kappa shape index (κ1) is 21.3. The van der Waals surface area contributed by atoms with Gasteiger partial charge in [0.1, 0.15) is 12.4 Å². The number of halogens is 1. The number of hydrogen-bond donors (Lipinski definition) is 1. The molecule has 0 aliphatic carbocycles. The Bertz CT molecular complexity index is 1300. The molecule has 0 unspecified atom stereocenters. The fourth-order valence-corrected chi connectivity index (χ4v) is 3.33. The summed E-state index contributed by atoms with van der Waals surface area (Å²) in [6.07, 6.45) is 3.55. The van der Waals surface area contributed by atoms with Gasteiger partial charge < -0.3 is 10.1 Å². The third-order valence-electron chi connectivity index (χ3n) is 4.64. The third-order valence-corrected chi connectivity index (χ3v) is 4.96. The van der Waals surface area contributed by atoms with Gasteiger partial charge in [0.05, 0.1) is 17.3 Å². The zero-order valence-corrected chi connectivity index (χ0v) is 18.0. The maximum Gasteiger partial charge on any atom is 0.280 e. The molecule has 1 N–H and O–H groups in total. The lowest BCUT2D eigenvalue weighted by atomic mass is 10.2. The van der Waals surface area contributed by atoms with E-state index in [-0.39, 0.29) is 5.69 Å². The number of anilines is 1. The van der Waals surface area contributed by atoms with Gasteiger partial charge in [-0.3, -0.25) is 14.3 Å². The SMILES string of the molecule is Cc1cc(=O)c(C(=O)Nc2cccc(OCCn3cccn3)c2)nn1-c1ccccc1Cl. The Balaban J connectivity index is 1.51. The van der Waals surface area contributed by atoms with Crippen LogP contribution in [0.5, 0.6) is 5.75 Å². The molecule has 0 radical (unpaired) electrons. The summed E-state index contributed by atoms with van der Waals surface area (Å²) >= 11 is 6.27. The van der Waals surface area contributed by atoms with E-state index in [4.69, 9.17) is 16.3 Å². The van der Waals surface area contributed by atoms with Crippen molar-refractivity contribution in [3.8, 4) is 11.4 Å². The molecule has 1 amide bonds. The number of ether oxygens (including phenoxy) is 1. The summed E-state index contributed by atoms with van der Waals surface area (Å²) in [7, 11) is 0. The number of hydrogen-bond acceptors (Lipinski definition) is 5. The number of nitrogens with one attached hydrogen (secondary N) is 1. The van der Waals surface area contributed by atoms with E-state index in [0.29, 0.717) is 41.0 Å². The molecule has 2 aromatic heterocycles. The van der Waals surface area contributed by atoms with Gasteiger partial charge in [-0.05, 0) is 37.3 Å². The molecular weight excluding hydrogens is 430 g/mol. The Hall–Kier alpha value is -3.91. The Labute approximate surface area is 189 Å². The highest BCUT2D eigenvalue weighted by Crippen LogP contribution is 2.20. The first-order valence-corrected chi connectivity index (χ1v) is 10.3. The van der Waals surface area contributed by atoms with Gasteiger partial charge in [-0.1, -0.05) is 29.8 Å². The Morgan fingerprint density at radius 2 is 1.97 bits per heavy atom. The summed E-state index contributed by atoms with van der Waals surface area (Å²) in [4.78, 5) is 25.3. The van der Waals surface area contributed by atoms with E-state index in [1.54, 1.807) is 66.3 Å². The smallest absolute Gasteiger partial charge is 0.280 e. The maximum atomic E-state index is 12.8. The van der Waals surface area contributed by atoms with E-state index in [0.717, 1.165) is 0 Å². The van der Waals surface area contributed by atoms with Crippen LogP contribution >= 0.6 is 11.6 Å². The quantitative estimate of drug-likeness (QED) is 0.464. The van der Waals surface area contributed by atoms with Gasteiger partial charge in [-0.25, -0.2) is 4.68 Å². The standard InChI is InChI=1S/C23H20ClN5O3/c1-16-14-21(30)22(27-29(16)20-9-3-2-8-19(20)24)23(31)26-17-6-4-7-18(15-17)32-13-12-28-11-5-10-25-28/h2-11,14-15H,12-13H2,1H3,(H,26,31). The molecule has 0 fully saturated rings. The second kappa shape index (κ2) is 9.49. The number of rotatable bonds is 7. The van der Waals surface area contributed by atoms with E-state index in [1.165, 1.54) is 10.7 Å². The van der Waals surface area contributed by atoms with Crippen LogP contribution in [0.15, 0.2) is 77.9 Å². The number of aryl methyl sites for hydroxylation is 1. The summed E-state index contributed by atoms with van der Waals surface area (Å²) in [5.41, 5.74) is 0.911. The molecule has 9 heteroatoms. The predicted molar refractivity (Wildman–Crippen MR) is 122 cm³/mol. The van der Waals surface area contributed by atoms with Crippen molar-refractivity contribution in [2.45, 2.75) is 13.5 Å². The lowest BCUT2D eigenvalue weighted by Gasteiger charge is -2.13. The summed E-state index contributed by atoms with van der Waals surface area (Å²) in [6.45, 7) is 2.74. The van der Waals surface area contributed by atoms with E-state index in [2.05, 4.69) is 15.5 Å². The average Bonchev–Trinajstić information content (AvgIpc) is 3.28. The number of carbonyl (C=O) groups excluding carboxylic acids is 1. The Kier molecular flexibility index (Phi) is 6.32. The number of amides is 1. The Morgan fingerprint density at radius 3 is 2.75 bits per heavy atom. The number of carbonyl (C=O) groups is 1. The highest BCUT2D eigenvalue weighted by molar-refractivity contribution is 6.32. The topological polar surface area (TPSA) is 91.0 Å². The molecule has 0 spiro atoms. The van der Waals surface area contributed by atoms with Crippen molar-refractivity contribution < 1.29 is 9.53 Å². The summed E-state index contributed by atoms with van der Waals surface area (Å²) < 4.78 is 8.97. The molecule has 2 heterocycles. The van der Waals surface area contributed by atoms with E-state index in [1.807, 2.05) is 12.3 Å². The molecule has 162 valence electrons. The monoisotopic (exact) mass is 449 g/mol. The van der Waals surface area contributed by atoms with Gasteiger partial charge in [0, 0.05) is 35.9 Å². The number of para-hydroxylation sites is 1. The van der Waals surface area contributed by atoms with Crippen molar-refractivity contribution in [2.75, 3.05) is 11.9 Å². The molecule has 0 aliphatic rings. The van der Waals surface area contributed by atoms with Gasteiger partial charge in [-0.15, -0.1) is 0 Å². The van der Waals surface area contributed by atoms with Gasteiger partial charge >= 0.3 is 0 Å². The molecule has 4 aromatic rings. The van der Waals surface area contributed by atoms with Crippen molar-refractivity contribution in [3.05, 3.63) is 99.7 Å². The van der Waals surface area contributed by atoms with Gasteiger partial charge in [0.2, 0.25) is 5.43 Å². The second-order valence-electron chi connectivity index (χ2n) is 6.96. The van der Waals surface area contributed by atoms with Gasteiger partial charge in [0.25, 0.3) is 5.91 Å².